The molecule has 0 saturated heterocycles. The summed E-state index contributed by atoms with van der Waals surface area (Å²) in [7, 11) is -7.75. The van der Waals surface area contributed by atoms with Crippen molar-refractivity contribution in [3.63, 3.8) is 0 Å². The van der Waals surface area contributed by atoms with Gasteiger partial charge in [-0.1, -0.05) is 68.5 Å². The van der Waals surface area contributed by atoms with E-state index >= 15 is 0 Å². The summed E-state index contributed by atoms with van der Waals surface area (Å²) in [5.41, 5.74) is 0. The Balaban J connectivity index is 0.000000192. The van der Waals surface area contributed by atoms with Gasteiger partial charge in [0.2, 0.25) is 0 Å². The van der Waals surface area contributed by atoms with E-state index in [1.807, 2.05) is 36.4 Å². The molecule has 58 heavy (non-hydrogen) atoms. The summed E-state index contributed by atoms with van der Waals surface area (Å²) in [6.07, 6.45) is 14.8. The molecule has 0 heterocycles. The molecule has 3 aromatic carbocycles. The monoisotopic (exact) mass is 852 g/mol. The Labute approximate surface area is 349 Å². The Hall–Kier alpha value is -3.32. The second-order valence-electron chi connectivity index (χ2n) is 16.6. The molecular formula is C46H60O9S3+2. The minimum absolute atomic E-state index is 0. The van der Waals surface area contributed by atoms with Gasteiger partial charge >= 0.3 is 11.9 Å². The number of rotatable bonds is 10. The summed E-state index contributed by atoms with van der Waals surface area (Å²) in [6.45, 7) is 0. The molecule has 0 radical (unpaired) electrons. The number of sulfone groups is 1. The maximum atomic E-state index is 13.1. The molecule has 314 valence electrons. The number of benzene rings is 3. The van der Waals surface area contributed by atoms with Crippen molar-refractivity contribution in [2.24, 2.45) is 23.7 Å². The van der Waals surface area contributed by atoms with Crippen molar-refractivity contribution < 1.29 is 40.5 Å². The Morgan fingerprint density at radius 3 is 1.45 bits per heavy atom. The molecule has 1 N–H and O–H groups in total. The molecule has 5 aliphatic carbocycles. The summed E-state index contributed by atoms with van der Waals surface area (Å²) in [6, 6.07) is 28.5. The fourth-order valence-electron chi connectivity index (χ4n) is 10.0. The van der Waals surface area contributed by atoms with Crippen molar-refractivity contribution in [1.82, 2.24) is 0 Å². The first-order valence-electron chi connectivity index (χ1n) is 21.1. The average molecular weight is 853 g/mol. The molecule has 5 unspecified atom stereocenters. The molecule has 9 nitrogen and oxygen atoms in total. The third-order valence-corrected chi connectivity index (χ3v) is 18.7. The SMILES string of the molecule is O=C(OC1CCCCC1)C1C2CC(C1C(=O)OC1CCCCC1)C(S(=O)(=O)O)C2.O=S(=O)(c1ccc([S+](c2ccccc2)c2ccccc2)cc1)C1CCCCC1.[CH3+]. The van der Waals surface area contributed by atoms with E-state index in [0.29, 0.717) is 11.3 Å². The first kappa shape index (κ1) is 44.2. The summed E-state index contributed by atoms with van der Waals surface area (Å²) in [4.78, 5) is 30.2. The van der Waals surface area contributed by atoms with Gasteiger partial charge in [0.1, 0.15) is 12.2 Å². The maximum Gasteiger partial charge on any atom is 0.310 e. The molecule has 8 rings (SSSR count). The Morgan fingerprint density at radius 1 is 0.552 bits per heavy atom. The van der Waals surface area contributed by atoms with Gasteiger partial charge in [0.25, 0.3) is 10.1 Å². The Bertz CT molecular complexity index is 1970. The van der Waals surface area contributed by atoms with E-state index in [1.165, 1.54) is 9.79 Å². The number of hydrogen-bond acceptors (Lipinski definition) is 8. The number of ether oxygens (including phenoxy) is 2. The summed E-state index contributed by atoms with van der Waals surface area (Å²) >= 11 is 0. The van der Waals surface area contributed by atoms with Gasteiger partial charge < -0.3 is 9.47 Å². The van der Waals surface area contributed by atoms with Crippen LogP contribution in [-0.4, -0.2) is 56.0 Å². The van der Waals surface area contributed by atoms with Crippen LogP contribution in [0, 0.1) is 31.1 Å². The van der Waals surface area contributed by atoms with Crippen LogP contribution >= 0.6 is 0 Å². The Kier molecular flexibility index (Phi) is 15.1. The molecule has 5 saturated carbocycles. The lowest BCUT2D eigenvalue weighted by Gasteiger charge is -2.34. The van der Waals surface area contributed by atoms with Gasteiger partial charge in [0.15, 0.2) is 24.5 Å². The zero-order valence-corrected chi connectivity index (χ0v) is 36.1. The number of carbonyl (C=O) groups excluding carboxylic acids is 2. The second kappa shape index (κ2) is 19.8. The van der Waals surface area contributed by atoms with Crippen molar-refractivity contribution >= 4 is 42.8 Å². The quantitative estimate of drug-likeness (QED) is 0.0914. The summed E-state index contributed by atoms with van der Waals surface area (Å²) in [5.74, 6) is -3.19. The first-order valence-corrected chi connectivity index (χ1v) is 25.3. The first-order chi connectivity index (χ1) is 27.5. The summed E-state index contributed by atoms with van der Waals surface area (Å²) in [5, 5.41) is -1.20. The van der Waals surface area contributed by atoms with Crippen LogP contribution < -0.4 is 0 Å². The third kappa shape index (κ3) is 10.3. The number of esters is 2. The molecule has 0 aliphatic heterocycles. The zero-order valence-electron chi connectivity index (χ0n) is 33.7. The molecule has 3 aromatic rings. The fourth-order valence-corrected chi connectivity index (χ4v) is 15.2. The van der Waals surface area contributed by atoms with E-state index in [1.54, 1.807) is 0 Å². The number of fused-ring (bicyclic) bond motifs is 2. The van der Waals surface area contributed by atoms with E-state index in [2.05, 4.69) is 48.5 Å². The van der Waals surface area contributed by atoms with Gasteiger partial charge in [-0.25, -0.2) is 8.42 Å². The van der Waals surface area contributed by atoms with Crippen LogP contribution in [-0.2, 0) is 49.9 Å². The highest BCUT2D eigenvalue weighted by atomic mass is 32.2. The number of hydrogen-bond donors (Lipinski definition) is 1. The van der Waals surface area contributed by atoms with Crippen molar-refractivity contribution in [2.45, 2.75) is 151 Å². The molecule has 0 spiro atoms. The predicted octanol–water partition coefficient (Wildman–Crippen LogP) is 9.61. The van der Waals surface area contributed by atoms with Gasteiger partial charge in [-0.3, -0.25) is 14.1 Å². The average Bonchev–Trinajstić information content (AvgIpc) is 3.84. The van der Waals surface area contributed by atoms with Crippen molar-refractivity contribution in [3.8, 4) is 0 Å². The molecule has 0 aromatic heterocycles. The lowest BCUT2D eigenvalue weighted by atomic mass is 9.78. The van der Waals surface area contributed by atoms with Crippen LogP contribution in [0.25, 0.3) is 0 Å². The van der Waals surface area contributed by atoms with Gasteiger partial charge in [0.05, 0.1) is 38.1 Å². The fraction of sp³-hybridized carbons (Fsp3) is 0.543. The number of carbonyl (C=O) groups is 2. The van der Waals surface area contributed by atoms with Crippen LogP contribution in [0.1, 0.15) is 109 Å². The maximum absolute atomic E-state index is 13.1. The van der Waals surface area contributed by atoms with Crippen LogP contribution in [0.15, 0.2) is 105 Å². The second-order valence-corrected chi connectivity index (χ2v) is 22.5. The molecule has 5 atom stereocenters. The summed E-state index contributed by atoms with van der Waals surface area (Å²) < 4.78 is 70.9. The van der Waals surface area contributed by atoms with Gasteiger partial charge in [-0.2, -0.15) is 8.42 Å². The van der Waals surface area contributed by atoms with E-state index in [4.69, 9.17) is 9.47 Å². The highest BCUT2D eigenvalue weighted by Gasteiger charge is 2.62. The van der Waals surface area contributed by atoms with Gasteiger partial charge in [-0.15, -0.1) is 0 Å². The van der Waals surface area contributed by atoms with Crippen LogP contribution in [0.5, 0.6) is 0 Å². The molecule has 5 aliphatic rings. The minimum atomic E-state index is -4.27. The molecular weight excluding hydrogens is 793 g/mol. The van der Waals surface area contributed by atoms with Crippen LogP contribution in [0.4, 0.5) is 0 Å². The molecule has 2 bridgehead atoms. The van der Waals surface area contributed by atoms with E-state index in [0.717, 1.165) is 101 Å². The standard InChI is InChI=1S/C24H25O2S2.C21H32O7S.CH3/c25-28(26,23-14-8-3-9-15-23)24-18-16-22(17-19-24)27(20-10-4-1-5-11-20)21-12-6-2-7-13-21;22-20(27-14-7-3-1-4-8-14)18-13-11-16(17(12-13)29(24,25)26)19(18)21(23)28-15-9-5-2-6-10-15;/h1-2,4-7,10-13,16-19,23H,3,8-9,14-15H2;13-19H,1-12H2,(H,24,25,26);1H3/q+1;;+1. The van der Waals surface area contributed by atoms with E-state index < -0.39 is 48.9 Å². The molecule has 5 fully saturated rings. The van der Waals surface area contributed by atoms with E-state index in [9.17, 15) is 31.0 Å². The largest absolute Gasteiger partial charge is 0.462 e. The van der Waals surface area contributed by atoms with E-state index in [-0.39, 0.29) is 54.1 Å². The lowest BCUT2D eigenvalue weighted by molar-refractivity contribution is -0.170. The van der Waals surface area contributed by atoms with Crippen LogP contribution in [0.3, 0.4) is 0 Å². The smallest absolute Gasteiger partial charge is 0.310 e. The Morgan fingerprint density at radius 2 is 0.983 bits per heavy atom. The van der Waals surface area contributed by atoms with Gasteiger partial charge in [0, 0.05) is 7.43 Å². The zero-order chi connectivity index (χ0) is 40.0. The minimum Gasteiger partial charge on any atom is -0.462 e. The third-order valence-electron chi connectivity index (χ3n) is 12.9. The van der Waals surface area contributed by atoms with Crippen molar-refractivity contribution in [2.75, 3.05) is 0 Å². The highest BCUT2D eigenvalue weighted by molar-refractivity contribution is 7.97. The topological polar surface area (TPSA) is 141 Å². The highest BCUT2D eigenvalue weighted by Crippen LogP contribution is 2.55. The van der Waals surface area contributed by atoms with Crippen LogP contribution in [0.2, 0.25) is 0 Å². The lowest BCUT2D eigenvalue weighted by Crippen LogP contribution is -2.45. The predicted molar refractivity (Wildman–Crippen MR) is 226 cm³/mol. The molecule has 12 heteroatoms. The normalized spacial score (nSPS) is 25.6. The molecule has 0 amide bonds. The van der Waals surface area contributed by atoms with Crippen molar-refractivity contribution in [3.05, 3.63) is 92.4 Å². The van der Waals surface area contributed by atoms with Gasteiger partial charge in [-0.05, 0) is 137 Å². The van der Waals surface area contributed by atoms with Crippen molar-refractivity contribution in [1.29, 1.82) is 0 Å².